The van der Waals surface area contributed by atoms with E-state index in [4.69, 9.17) is 122 Å². The second-order valence-corrected chi connectivity index (χ2v) is 38.5. The van der Waals surface area contributed by atoms with Crippen molar-refractivity contribution in [1.29, 1.82) is 0 Å². The maximum absolute atomic E-state index is 14.1. The first-order valence-corrected chi connectivity index (χ1v) is 52.0. The summed E-state index contributed by atoms with van der Waals surface area (Å²) in [5, 5.41) is 34.2. The molecule has 2 aliphatic heterocycles. The molecule has 144 heavy (non-hydrogen) atoms. The summed E-state index contributed by atoms with van der Waals surface area (Å²) in [6, 6.07) is 108. The van der Waals surface area contributed by atoms with Crippen LogP contribution in [0.15, 0.2) is 344 Å². The van der Waals surface area contributed by atoms with Gasteiger partial charge in [-0.25, -0.2) is 0 Å². The molecular weight excluding hydrogens is 1900 g/mol. The summed E-state index contributed by atoms with van der Waals surface area (Å²) in [5.74, 6) is 0. The van der Waals surface area contributed by atoms with E-state index in [-0.39, 0.29) is 117 Å². The second kappa shape index (κ2) is 69.8. The molecule has 0 aromatic heterocycles. The number of nitrogens with zero attached hydrogens (tertiary/aromatic N) is 6. The second-order valence-electron chi connectivity index (χ2n) is 34.2. The Kier molecular flexibility index (Phi) is 56.9. The van der Waals surface area contributed by atoms with Crippen LogP contribution in [-0.2, 0) is 171 Å². The average Bonchev–Trinajstić information content (AvgIpc) is 1.64. The summed E-state index contributed by atoms with van der Waals surface area (Å²) < 4.78 is 147. The lowest BCUT2D eigenvalue weighted by Gasteiger charge is -2.34. The molecule has 3 N–H and O–H groups in total. The number of hydrogen-bond donors (Lipinski definition) is 3. The van der Waals surface area contributed by atoms with E-state index in [1.165, 1.54) is 13.3 Å². The molecule has 0 bridgehead atoms. The molecule has 2 aliphatic rings. The van der Waals surface area contributed by atoms with Crippen molar-refractivity contribution in [3.8, 4) is 0 Å². The summed E-state index contributed by atoms with van der Waals surface area (Å²) in [6.45, 7) is 15.0. The van der Waals surface area contributed by atoms with Crippen LogP contribution in [0.25, 0.3) is 20.9 Å². The van der Waals surface area contributed by atoms with E-state index in [0.29, 0.717) is 46.2 Å². The molecule has 0 saturated carbocycles. The van der Waals surface area contributed by atoms with Crippen LogP contribution in [-0.4, -0.2) is 205 Å². The van der Waals surface area contributed by atoms with Crippen molar-refractivity contribution in [2.75, 3.05) is 99.1 Å². The van der Waals surface area contributed by atoms with Crippen LogP contribution in [0.2, 0.25) is 0 Å². The summed E-state index contributed by atoms with van der Waals surface area (Å²) in [6.07, 6.45) is -10.9. The van der Waals surface area contributed by atoms with Gasteiger partial charge in [-0.1, -0.05) is 344 Å². The standard InChI is InChI=1S/C50H60N3O11P.C46H52O10P.C7H8O.C4H9Cl.C4H9N3O2/c1-39(57-33-41-20-10-4-11-21-41)47(59-35-43-24-14-6-15-25-43)45(58-34-42-22-12-5-13-23-42)38-61-50-49(60-36-44-26-16-7-17-27-44)48(46(63-50)37-56-32-40-18-8-3-9-19-40)64-65(2,54)62-31-30-55-29-28-52-53-51;1-57(48)56-44-42(33-49-28-35-17-7-2-8-18-35)55-46(45(44)53-32-39-25-15-6-16-26-39)54-34-41(51-30-37-21-11-4-12-22-37)43(52-31-38-23-13-5-14-24-38)40(27-47)50-29-36-19-9-3-10-20-36;8-6-7-4-2-1-3-5-7;1-4(2,3)5;5-7-6-1-3-9-4-2-8/h3-27,39,45-50H,28-38H2,1-2H3;2-26,40-47H,27-34H2,1H3;1-5,8H,6H2;1-3H3;8H,1-4H2/q;+1;;;/t39?,45?,46-,47?,48+,49?,50-,65?;40?,41?,42-,43?,44+,45?,46-;;;/m11.../s1. The Balaban J connectivity index is 0.000000265. The lowest BCUT2D eigenvalue weighted by atomic mass is 10.1. The molecule has 0 spiro atoms. The van der Waals surface area contributed by atoms with Crippen LogP contribution in [0, 0.1) is 0 Å². The van der Waals surface area contributed by atoms with Gasteiger partial charge in [0.1, 0.15) is 61.0 Å². The van der Waals surface area contributed by atoms with Crippen LogP contribution < -0.4 is 0 Å². The van der Waals surface area contributed by atoms with Crippen LogP contribution in [0.4, 0.5) is 0 Å². The zero-order valence-corrected chi connectivity index (χ0v) is 85.2. The first-order valence-electron chi connectivity index (χ1n) is 48.0. The van der Waals surface area contributed by atoms with E-state index in [2.05, 4.69) is 20.1 Å². The van der Waals surface area contributed by atoms with Gasteiger partial charge in [0.15, 0.2) is 25.3 Å². The van der Waals surface area contributed by atoms with Gasteiger partial charge in [-0.05, 0) is 105 Å². The molecule has 0 radical (unpaired) electrons. The SMILES string of the molecule is CC(C)(C)Cl.CC(OCc1ccccc1)C(OCc1ccccc1)C(CO[C@@H]1O[C@H](COCc2ccccc2)[C@H](OP(C)(=O)OCCOCCN=[N+]=[N-])C1OCc1ccccc1)OCc1ccccc1.C[P+](=O)O[C@@H]1C(OCc2ccccc2)[C@H](OCC(OCc2ccccc2)C(OCc2ccccc2)C(CO)OCc2ccccc2)O[C@@H]1COCc1ccccc1.OCc1ccccc1.[N-]=[N+]=NCCOCCO. The normalized spacial score (nSPS) is 18.1. The van der Waals surface area contributed by atoms with Gasteiger partial charge < -0.3 is 95.6 Å². The Morgan fingerprint density at radius 1 is 0.382 bits per heavy atom. The average molecular weight is 2040 g/mol. The van der Waals surface area contributed by atoms with Crippen molar-refractivity contribution in [1.82, 2.24) is 0 Å². The lowest BCUT2D eigenvalue weighted by molar-refractivity contribution is -0.222. The van der Waals surface area contributed by atoms with E-state index in [1.807, 2.05) is 361 Å². The lowest BCUT2D eigenvalue weighted by Crippen LogP contribution is -2.48. The molecule has 2 saturated heterocycles. The minimum atomic E-state index is -3.77. The molecule has 33 heteroatoms. The Morgan fingerprint density at radius 2 is 0.681 bits per heavy atom. The molecule has 772 valence electrons. The zero-order valence-electron chi connectivity index (χ0n) is 82.7. The smallest absolute Gasteiger partial charge is 0.394 e. The van der Waals surface area contributed by atoms with Crippen molar-refractivity contribution >= 4 is 27.2 Å². The van der Waals surface area contributed by atoms with E-state index in [9.17, 15) is 14.2 Å². The topological polar surface area (TPSA) is 368 Å². The molecule has 0 aliphatic carbocycles. The monoisotopic (exact) mass is 2040 g/mol. The highest BCUT2D eigenvalue weighted by atomic mass is 35.5. The zero-order chi connectivity index (χ0) is 102. The highest BCUT2D eigenvalue weighted by Gasteiger charge is 2.53. The van der Waals surface area contributed by atoms with Gasteiger partial charge in [-0.3, -0.25) is 9.09 Å². The number of halogens is 1. The minimum Gasteiger partial charge on any atom is -0.394 e. The Bertz CT molecular complexity index is 5300. The minimum absolute atomic E-state index is 0.00102. The molecule has 2 heterocycles. The molecular formula is C111H138ClN6O24P2+. The van der Waals surface area contributed by atoms with Crippen molar-refractivity contribution in [3.63, 3.8) is 0 Å². The largest absolute Gasteiger partial charge is 0.505 e. The quantitative estimate of drug-likeness (QED) is 0.00796. The third-order valence-corrected chi connectivity index (χ3v) is 23.3. The Labute approximate surface area is 852 Å². The fraction of sp³-hybridized carbons (Fsp3) is 0.405. The van der Waals surface area contributed by atoms with Gasteiger partial charge in [0, 0.05) is 34.5 Å². The van der Waals surface area contributed by atoms with E-state index >= 15 is 0 Å². The number of aliphatic hydroxyl groups is 3. The fourth-order valence-corrected chi connectivity index (χ4v) is 16.3. The summed E-state index contributed by atoms with van der Waals surface area (Å²) >= 11 is 5.53. The van der Waals surface area contributed by atoms with Gasteiger partial charge in [0.05, 0.1) is 151 Å². The van der Waals surface area contributed by atoms with E-state index < -0.39 is 101 Å². The maximum atomic E-state index is 14.1. The summed E-state index contributed by atoms with van der Waals surface area (Å²) in [5.41, 5.74) is 27.0. The number of rotatable bonds is 60. The predicted octanol–water partition coefficient (Wildman–Crippen LogP) is 21.4. The molecule has 16 atom stereocenters. The van der Waals surface area contributed by atoms with Gasteiger partial charge >= 0.3 is 15.6 Å². The van der Waals surface area contributed by atoms with Crippen molar-refractivity contribution in [3.05, 3.63) is 416 Å². The highest BCUT2D eigenvalue weighted by Crippen LogP contribution is 2.49. The van der Waals surface area contributed by atoms with Crippen LogP contribution in [0.3, 0.4) is 0 Å². The van der Waals surface area contributed by atoms with Crippen molar-refractivity contribution in [2.45, 2.75) is 191 Å². The van der Waals surface area contributed by atoms with Crippen LogP contribution in [0.5, 0.6) is 0 Å². The molecule has 0 amide bonds. The van der Waals surface area contributed by atoms with Crippen molar-refractivity contribution in [2.24, 2.45) is 10.2 Å². The molecule has 11 aromatic rings. The first-order chi connectivity index (χ1) is 70.3. The first kappa shape index (κ1) is 117. The highest BCUT2D eigenvalue weighted by molar-refractivity contribution is 7.53. The van der Waals surface area contributed by atoms with Crippen LogP contribution >= 0.6 is 27.2 Å². The third-order valence-electron chi connectivity index (χ3n) is 21.5. The Hall–Kier alpha value is -10.2. The molecule has 11 aromatic carbocycles. The van der Waals surface area contributed by atoms with Crippen molar-refractivity contribution < 1.29 is 114 Å². The van der Waals surface area contributed by atoms with Gasteiger partial charge in [-0.15, -0.1) is 16.1 Å². The number of alkyl halides is 1. The van der Waals surface area contributed by atoms with Gasteiger partial charge in [-0.2, -0.15) is 0 Å². The molecule has 10 unspecified atom stereocenters. The number of hydrogen-bond acceptors (Lipinski definition) is 26. The third kappa shape index (κ3) is 48.0. The fourth-order valence-electron chi connectivity index (χ4n) is 14.5. The Morgan fingerprint density at radius 3 is 1.01 bits per heavy atom. The molecule has 13 rings (SSSR count). The number of azide groups is 2. The maximum Gasteiger partial charge on any atom is 0.505 e. The van der Waals surface area contributed by atoms with Gasteiger partial charge in [0.2, 0.25) is 0 Å². The van der Waals surface area contributed by atoms with E-state index in [0.717, 1.165) is 61.2 Å². The number of aliphatic hydroxyl groups excluding tert-OH is 3. The van der Waals surface area contributed by atoms with E-state index in [1.54, 1.807) is 0 Å². The number of benzene rings is 11. The van der Waals surface area contributed by atoms with Crippen LogP contribution in [0.1, 0.15) is 88.9 Å². The molecule has 30 nitrogen and oxygen atoms in total. The predicted molar refractivity (Wildman–Crippen MR) is 552 cm³/mol. The van der Waals surface area contributed by atoms with Gasteiger partial charge in [0.25, 0.3) is 0 Å². The summed E-state index contributed by atoms with van der Waals surface area (Å²) in [4.78, 5) is 5.22. The number of ether oxygens (including phenoxy) is 16. The molecule has 2 fully saturated rings. The summed E-state index contributed by atoms with van der Waals surface area (Å²) in [7, 11) is -5.81.